The van der Waals surface area contributed by atoms with Crippen molar-refractivity contribution >= 4 is 5.91 Å². The molecule has 75 heavy (non-hydrogen) atoms. The Kier molecular flexibility index (Phi) is 36.4. The van der Waals surface area contributed by atoms with E-state index in [1.807, 2.05) is 6.08 Å². The van der Waals surface area contributed by atoms with E-state index in [2.05, 4.69) is 31.3 Å². The third-order valence-electron chi connectivity index (χ3n) is 14.7. The molecule has 0 aliphatic carbocycles. The lowest BCUT2D eigenvalue weighted by Crippen LogP contribution is -2.66. The van der Waals surface area contributed by atoms with E-state index in [0.29, 0.717) is 6.42 Å². The Hall–Kier alpha value is -1.73. The zero-order valence-corrected chi connectivity index (χ0v) is 45.5. The summed E-state index contributed by atoms with van der Waals surface area (Å²) in [5.74, 6) is -0.285. The number of hydrogen-bond donors (Lipinski definition) is 12. The van der Waals surface area contributed by atoms with Crippen molar-refractivity contribution in [3.8, 4) is 0 Å². The molecule has 1 amide bonds. The van der Waals surface area contributed by atoms with Gasteiger partial charge in [-0.15, -0.1) is 0 Å². The number of allylic oxidation sites excluding steroid dienone is 3. The maximum Gasteiger partial charge on any atom is 0.220 e. The largest absolute Gasteiger partial charge is 0.394 e. The normalized spacial score (nSPS) is 31.3. The van der Waals surface area contributed by atoms with Gasteiger partial charge in [0.05, 0.1) is 38.6 Å². The Labute approximate surface area is 448 Å². The van der Waals surface area contributed by atoms with Gasteiger partial charge in [0.25, 0.3) is 0 Å². The van der Waals surface area contributed by atoms with Crippen molar-refractivity contribution in [1.82, 2.24) is 5.32 Å². The van der Waals surface area contributed by atoms with Crippen molar-refractivity contribution in [3.05, 3.63) is 24.3 Å². The molecule has 0 radical (unpaired) electrons. The predicted octanol–water partition coefficient (Wildman–Crippen LogP) is 4.37. The lowest BCUT2D eigenvalue weighted by molar-refractivity contribution is -0.379. The summed E-state index contributed by atoms with van der Waals surface area (Å²) in [5, 5.41) is 120. The van der Waals surface area contributed by atoms with Gasteiger partial charge in [0.2, 0.25) is 5.91 Å². The maximum atomic E-state index is 13.3. The molecule has 0 saturated carbocycles. The molecule has 0 spiro atoms. The number of hydrogen-bond acceptors (Lipinski definition) is 18. The summed E-state index contributed by atoms with van der Waals surface area (Å²) in [4.78, 5) is 13.3. The van der Waals surface area contributed by atoms with E-state index < -0.39 is 124 Å². The fourth-order valence-corrected chi connectivity index (χ4v) is 9.89. The fourth-order valence-electron chi connectivity index (χ4n) is 9.89. The summed E-state index contributed by atoms with van der Waals surface area (Å²) in [6.07, 6.45) is 13.0. The van der Waals surface area contributed by atoms with E-state index in [9.17, 15) is 61.0 Å². The number of carbonyl (C=O) groups excluding carboxylic acids is 1. The number of amides is 1. The van der Waals surface area contributed by atoms with Crippen LogP contribution in [0.4, 0.5) is 0 Å². The fraction of sp³-hybridized carbons (Fsp3) is 0.911. The molecule has 17 atom stereocenters. The monoisotopic (exact) mass is 1080 g/mol. The molecular weight excluding hydrogens is 975 g/mol. The second-order valence-corrected chi connectivity index (χ2v) is 21.1. The maximum absolute atomic E-state index is 13.3. The van der Waals surface area contributed by atoms with Gasteiger partial charge in [-0.05, 0) is 44.9 Å². The van der Waals surface area contributed by atoms with E-state index in [-0.39, 0.29) is 18.9 Å². The summed E-state index contributed by atoms with van der Waals surface area (Å²) < 4.78 is 34.2. The Morgan fingerprint density at radius 2 is 0.840 bits per heavy atom. The topological polar surface area (TPSA) is 307 Å². The zero-order valence-electron chi connectivity index (χ0n) is 45.5. The summed E-state index contributed by atoms with van der Waals surface area (Å²) in [6, 6.07) is -0.973. The minimum absolute atomic E-state index is 0.234. The first-order valence-corrected chi connectivity index (χ1v) is 29.1. The van der Waals surface area contributed by atoms with Gasteiger partial charge >= 0.3 is 0 Å². The quantitative estimate of drug-likeness (QED) is 0.0298. The Morgan fingerprint density at radius 1 is 0.467 bits per heavy atom. The van der Waals surface area contributed by atoms with Gasteiger partial charge in [0.1, 0.15) is 73.2 Å². The average Bonchev–Trinajstić information content (AvgIpc) is 3.41. The van der Waals surface area contributed by atoms with Gasteiger partial charge in [-0.1, -0.05) is 167 Å². The minimum atomic E-state index is -1.98. The number of carbonyl (C=O) groups is 1. The first-order chi connectivity index (χ1) is 36.3. The molecule has 0 aromatic heterocycles. The van der Waals surface area contributed by atoms with Crippen LogP contribution in [0.15, 0.2) is 24.3 Å². The van der Waals surface area contributed by atoms with Crippen LogP contribution in [0, 0.1) is 0 Å². The second kappa shape index (κ2) is 40.4. The second-order valence-electron chi connectivity index (χ2n) is 21.1. The van der Waals surface area contributed by atoms with Crippen LogP contribution in [0.2, 0.25) is 0 Å². The minimum Gasteiger partial charge on any atom is -0.394 e. The molecule has 3 aliphatic heterocycles. The first kappa shape index (κ1) is 67.5. The van der Waals surface area contributed by atoms with Crippen LogP contribution >= 0.6 is 0 Å². The smallest absolute Gasteiger partial charge is 0.220 e. The molecule has 12 N–H and O–H groups in total. The van der Waals surface area contributed by atoms with Gasteiger partial charge in [0, 0.05) is 6.42 Å². The van der Waals surface area contributed by atoms with E-state index in [4.69, 9.17) is 28.4 Å². The molecule has 19 nitrogen and oxygen atoms in total. The highest BCUT2D eigenvalue weighted by atomic mass is 16.8. The molecule has 0 bridgehead atoms. The number of unbranched alkanes of at least 4 members (excludes halogenated alkanes) is 24. The number of ether oxygens (including phenoxy) is 6. The van der Waals surface area contributed by atoms with Gasteiger partial charge < -0.3 is 89.9 Å². The van der Waals surface area contributed by atoms with Crippen LogP contribution in [-0.2, 0) is 33.2 Å². The molecule has 19 heteroatoms. The molecule has 3 rings (SSSR count). The lowest BCUT2D eigenvalue weighted by atomic mass is 9.96. The Morgan fingerprint density at radius 3 is 1.29 bits per heavy atom. The van der Waals surface area contributed by atoms with Crippen LogP contribution in [0.3, 0.4) is 0 Å². The Balaban J connectivity index is 1.53. The van der Waals surface area contributed by atoms with Gasteiger partial charge in [-0.3, -0.25) is 4.79 Å². The van der Waals surface area contributed by atoms with Crippen LogP contribution in [0.5, 0.6) is 0 Å². The molecule has 440 valence electrons. The summed E-state index contributed by atoms with van der Waals surface area (Å²) in [6.45, 7) is 1.69. The van der Waals surface area contributed by atoms with Crippen molar-refractivity contribution in [1.29, 1.82) is 0 Å². The van der Waals surface area contributed by atoms with E-state index in [0.717, 1.165) is 64.2 Å². The summed E-state index contributed by atoms with van der Waals surface area (Å²) in [5.41, 5.74) is 0. The highest BCUT2D eigenvalue weighted by Crippen LogP contribution is 2.33. The standard InChI is InChI=1S/C56H103NO18/c1-3-5-7-9-11-13-15-17-19-20-21-23-25-27-29-31-33-40(61)39(57-44(62)34-32-30-28-26-24-22-18-16-14-12-10-8-6-4-2)38-70-54-50(68)47(65)52(42(36-59)72-54)75-56-51(69)48(66)53(43(37-60)73-56)74-55-49(67)46(64)45(63)41(35-58)71-55/h16,18,31,33,39-43,45-56,58-61,63-69H,3-15,17,19-30,32,34-38H2,1-2H3,(H,57,62)/b18-16-,33-31+. The molecule has 3 fully saturated rings. The Bertz CT molecular complexity index is 1480. The molecular formula is C56H103NO18. The van der Waals surface area contributed by atoms with Gasteiger partial charge in [-0.2, -0.15) is 0 Å². The van der Waals surface area contributed by atoms with Crippen molar-refractivity contribution in [2.75, 3.05) is 26.4 Å². The predicted molar refractivity (Wildman–Crippen MR) is 282 cm³/mol. The van der Waals surface area contributed by atoms with E-state index in [1.54, 1.807) is 6.08 Å². The zero-order chi connectivity index (χ0) is 54.8. The number of aliphatic hydroxyl groups excluding tert-OH is 11. The molecule has 3 aliphatic rings. The lowest BCUT2D eigenvalue weighted by Gasteiger charge is -2.48. The number of nitrogens with one attached hydrogen (secondary N) is 1. The molecule has 17 unspecified atom stereocenters. The van der Waals surface area contributed by atoms with Crippen LogP contribution < -0.4 is 5.32 Å². The molecule has 0 aromatic rings. The van der Waals surface area contributed by atoms with Crippen molar-refractivity contribution in [3.63, 3.8) is 0 Å². The third kappa shape index (κ3) is 25.1. The SMILES string of the molecule is CCCCCCC/C=C\CCCCCCCC(=O)NC(COC1OC(CO)C(OC2OC(CO)C(OC3OC(CO)C(O)C(O)C3O)C(O)C2O)C(O)C1O)C(O)/C=C/CCCCCCCCCCCCCCCC. The number of aliphatic hydroxyl groups is 11. The van der Waals surface area contributed by atoms with Gasteiger partial charge in [0.15, 0.2) is 18.9 Å². The summed E-state index contributed by atoms with van der Waals surface area (Å²) >= 11 is 0. The van der Waals surface area contributed by atoms with Crippen LogP contribution in [0.25, 0.3) is 0 Å². The molecule has 0 aromatic carbocycles. The van der Waals surface area contributed by atoms with Crippen LogP contribution in [-0.4, -0.2) is 193 Å². The van der Waals surface area contributed by atoms with Crippen molar-refractivity contribution in [2.24, 2.45) is 0 Å². The highest BCUT2D eigenvalue weighted by Gasteiger charge is 2.53. The van der Waals surface area contributed by atoms with Gasteiger partial charge in [-0.25, -0.2) is 0 Å². The average molecular weight is 1080 g/mol. The van der Waals surface area contributed by atoms with E-state index >= 15 is 0 Å². The van der Waals surface area contributed by atoms with Crippen LogP contribution in [0.1, 0.15) is 194 Å². The molecule has 3 saturated heterocycles. The first-order valence-electron chi connectivity index (χ1n) is 29.1. The highest BCUT2D eigenvalue weighted by molar-refractivity contribution is 5.76. The van der Waals surface area contributed by atoms with E-state index in [1.165, 1.54) is 103 Å². The third-order valence-corrected chi connectivity index (χ3v) is 14.7. The number of rotatable bonds is 42. The van der Waals surface area contributed by atoms with Crippen molar-refractivity contribution < 1.29 is 89.4 Å². The summed E-state index contributed by atoms with van der Waals surface area (Å²) in [7, 11) is 0. The molecule has 3 heterocycles. The van der Waals surface area contributed by atoms with Crippen molar-refractivity contribution in [2.45, 2.75) is 298 Å².